The number of carbonyl (C=O) groups excluding carboxylic acids is 1. The van der Waals surface area contributed by atoms with E-state index in [4.69, 9.17) is 9.47 Å². The number of methoxy groups -OCH3 is 1. The Hall–Kier alpha value is -3.87. The van der Waals surface area contributed by atoms with Gasteiger partial charge in [0.1, 0.15) is 17.7 Å². The van der Waals surface area contributed by atoms with Gasteiger partial charge in [0.05, 0.1) is 30.6 Å². The molecular formula is C24H22FN3O3. The number of fused-ring (bicyclic) bond motifs is 1. The third-order valence-corrected chi connectivity index (χ3v) is 4.99. The highest BCUT2D eigenvalue weighted by Gasteiger charge is 2.23. The second-order valence-electron chi connectivity index (χ2n) is 7.13. The van der Waals surface area contributed by atoms with Gasteiger partial charge in [0.2, 0.25) is 0 Å². The van der Waals surface area contributed by atoms with Crippen molar-refractivity contribution >= 4 is 17.0 Å². The van der Waals surface area contributed by atoms with Gasteiger partial charge >= 0.3 is 6.09 Å². The van der Waals surface area contributed by atoms with Gasteiger partial charge in [-0.25, -0.2) is 13.9 Å². The van der Waals surface area contributed by atoms with Gasteiger partial charge < -0.3 is 14.8 Å². The first-order valence-corrected chi connectivity index (χ1v) is 9.85. The summed E-state index contributed by atoms with van der Waals surface area (Å²) in [5, 5.41) is 8.08. The summed E-state index contributed by atoms with van der Waals surface area (Å²) >= 11 is 0. The molecule has 4 aromatic rings. The minimum absolute atomic E-state index is 0.294. The van der Waals surface area contributed by atoms with Gasteiger partial charge in [-0.1, -0.05) is 30.3 Å². The highest BCUT2D eigenvalue weighted by atomic mass is 19.1. The van der Waals surface area contributed by atoms with Gasteiger partial charge in [0.15, 0.2) is 0 Å². The molecule has 0 bridgehead atoms. The molecule has 0 saturated carbocycles. The maximum Gasteiger partial charge on any atom is 0.407 e. The number of halogens is 1. The molecule has 1 N–H and O–H groups in total. The number of benzene rings is 3. The molecule has 0 aliphatic rings. The number of carbonyl (C=O) groups is 1. The molecule has 158 valence electrons. The fourth-order valence-corrected chi connectivity index (χ4v) is 3.44. The summed E-state index contributed by atoms with van der Waals surface area (Å²) in [6, 6.07) is 21.1. The molecule has 1 heterocycles. The Morgan fingerprint density at radius 3 is 2.52 bits per heavy atom. The molecule has 0 fully saturated rings. The third-order valence-electron chi connectivity index (χ3n) is 4.99. The van der Waals surface area contributed by atoms with E-state index in [0.29, 0.717) is 5.75 Å². The number of nitrogens with zero attached hydrogens (tertiary/aromatic N) is 2. The summed E-state index contributed by atoms with van der Waals surface area (Å²) in [4.78, 5) is 11.7. The first-order valence-electron chi connectivity index (χ1n) is 9.85. The van der Waals surface area contributed by atoms with E-state index in [-0.39, 0.29) is 11.9 Å². The predicted octanol–water partition coefficient (Wildman–Crippen LogP) is 5.03. The van der Waals surface area contributed by atoms with Crippen LogP contribution in [0.2, 0.25) is 0 Å². The highest BCUT2D eigenvalue weighted by molar-refractivity contribution is 5.81. The molecule has 6 nitrogen and oxygen atoms in total. The Bertz CT molecular complexity index is 1180. The summed E-state index contributed by atoms with van der Waals surface area (Å²) in [6.07, 6.45) is 0.789. The van der Waals surface area contributed by atoms with E-state index in [0.717, 1.165) is 22.2 Å². The van der Waals surface area contributed by atoms with Crippen molar-refractivity contribution < 1.29 is 18.7 Å². The second kappa shape index (κ2) is 8.87. The lowest BCUT2D eigenvalue weighted by molar-refractivity contribution is 0.135. The van der Waals surface area contributed by atoms with E-state index in [2.05, 4.69) is 10.4 Å². The smallest absolute Gasteiger partial charge is 0.407 e. The lowest BCUT2D eigenvalue weighted by Crippen LogP contribution is -2.39. The zero-order valence-electron chi connectivity index (χ0n) is 17.2. The molecule has 0 radical (unpaired) electrons. The zero-order chi connectivity index (χ0) is 21.8. The normalized spacial score (nSPS) is 12.9. The Morgan fingerprint density at radius 2 is 1.81 bits per heavy atom. The van der Waals surface area contributed by atoms with Gasteiger partial charge in [0.25, 0.3) is 0 Å². The van der Waals surface area contributed by atoms with Crippen LogP contribution in [0, 0.1) is 5.82 Å². The Balaban J connectivity index is 1.63. The molecule has 3 aromatic carbocycles. The molecule has 0 aliphatic carbocycles. The van der Waals surface area contributed by atoms with E-state index in [1.54, 1.807) is 23.0 Å². The van der Waals surface area contributed by atoms with Crippen LogP contribution in [0.25, 0.3) is 16.6 Å². The van der Waals surface area contributed by atoms with Gasteiger partial charge in [-0.05, 0) is 55.0 Å². The first kappa shape index (κ1) is 20.4. The minimum Gasteiger partial charge on any atom is -0.484 e. The van der Waals surface area contributed by atoms with Crippen LogP contribution in [0.4, 0.5) is 9.18 Å². The molecule has 1 amide bonds. The molecule has 0 spiro atoms. The van der Waals surface area contributed by atoms with Gasteiger partial charge in [-0.15, -0.1) is 0 Å². The first-order chi connectivity index (χ1) is 15.0. The monoisotopic (exact) mass is 419 g/mol. The van der Waals surface area contributed by atoms with Gasteiger partial charge in [0, 0.05) is 5.39 Å². The summed E-state index contributed by atoms with van der Waals surface area (Å²) in [7, 11) is 1.33. The number of amides is 1. The largest absolute Gasteiger partial charge is 0.484 e. The summed E-state index contributed by atoms with van der Waals surface area (Å²) in [6.45, 7) is 1.86. The summed E-state index contributed by atoms with van der Waals surface area (Å²) in [5.74, 6) is 0.344. The molecule has 7 heteroatoms. The Kier molecular flexibility index (Phi) is 5.84. The predicted molar refractivity (Wildman–Crippen MR) is 116 cm³/mol. The van der Waals surface area contributed by atoms with Crippen molar-refractivity contribution in [1.29, 1.82) is 0 Å². The standard InChI is InChI=1S/C24H22FN3O3/c1-16(27-24(29)30-2)23(17-6-4-3-5-7-17)31-21-12-13-22-18(14-21)15-26-28(22)20-10-8-19(25)9-11-20/h3-16,23H,1-2H3,(H,27,29). The van der Waals surface area contributed by atoms with Crippen LogP contribution in [0.15, 0.2) is 79.0 Å². The van der Waals surface area contributed by atoms with Crippen LogP contribution in [0.5, 0.6) is 5.75 Å². The summed E-state index contributed by atoms with van der Waals surface area (Å²) < 4.78 is 26.0. The fraction of sp³-hybridized carbons (Fsp3) is 0.167. The van der Waals surface area contributed by atoms with E-state index in [1.807, 2.05) is 55.5 Å². The molecule has 0 saturated heterocycles. The number of nitrogens with one attached hydrogen (secondary N) is 1. The molecular weight excluding hydrogens is 397 g/mol. The molecule has 2 atom stereocenters. The third kappa shape index (κ3) is 4.50. The molecule has 4 rings (SSSR count). The maximum atomic E-state index is 13.2. The highest BCUT2D eigenvalue weighted by Crippen LogP contribution is 2.29. The number of rotatable bonds is 6. The van der Waals surface area contributed by atoms with Crippen molar-refractivity contribution in [3.8, 4) is 11.4 Å². The zero-order valence-corrected chi connectivity index (χ0v) is 17.2. The lowest BCUT2D eigenvalue weighted by Gasteiger charge is -2.26. The van der Waals surface area contributed by atoms with Crippen LogP contribution in [0.3, 0.4) is 0 Å². The number of alkyl carbamates (subject to hydrolysis) is 1. The topological polar surface area (TPSA) is 65.4 Å². The lowest BCUT2D eigenvalue weighted by atomic mass is 10.0. The van der Waals surface area contributed by atoms with Crippen molar-refractivity contribution in [1.82, 2.24) is 15.1 Å². The van der Waals surface area contributed by atoms with Crippen LogP contribution in [0.1, 0.15) is 18.6 Å². The van der Waals surface area contributed by atoms with Crippen LogP contribution >= 0.6 is 0 Å². The molecule has 2 unspecified atom stereocenters. The SMILES string of the molecule is COC(=O)NC(C)C(Oc1ccc2c(cnn2-c2ccc(F)cc2)c1)c1ccccc1. The van der Waals surface area contributed by atoms with Crippen LogP contribution in [-0.4, -0.2) is 29.0 Å². The Labute approximate surface area is 179 Å². The number of aromatic nitrogens is 2. The molecule has 0 aliphatic heterocycles. The minimum atomic E-state index is -0.520. The van der Waals surface area contributed by atoms with E-state index in [9.17, 15) is 9.18 Å². The maximum absolute atomic E-state index is 13.2. The molecule has 31 heavy (non-hydrogen) atoms. The fourth-order valence-electron chi connectivity index (χ4n) is 3.44. The van der Waals surface area contributed by atoms with E-state index < -0.39 is 12.2 Å². The van der Waals surface area contributed by atoms with E-state index >= 15 is 0 Å². The van der Waals surface area contributed by atoms with E-state index in [1.165, 1.54) is 19.2 Å². The quantitative estimate of drug-likeness (QED) is 0.476. The Morgan fingerprint density at radius 1 is 1.06 bits per heavy atom. The summed E-state index contributed by atoms with van der Waals surface area (Å²) in [5.41, 5.74) is 2.56. The van der Waals surface area contributed by atoms with Crippen LogP contribution < -0.4 is 10.1 Å². The van der Waals surface area contributed by atoms with Crippen molar-refractivity contribution in [2.24, 2.45) is 0 Å². The van der Waals surface area contributed by atoms with Crippen molar-refractivity contribution in [2.75, 3.05) is 7.11 Å². The number of hydrogen-bond acceptors (Lipinski definition) is 4. The van der Waals surface area contributed by atoms with Gasteiger partial charge in [-0.2, -0.15) is 5.10 Å². The average molecular weight is 419 g/mol. The number of ether oxygens (including phenoxy) is 2. The second-order valence-corrected chi connectivity index (χ2v) is 7.13. The van der Waals surface area contributed by atoms with Crippen molar-refractivity contribution in [2.45, 2.75) is 19.1 Å². The van der Waals surface area contributed by atoms with Crippen LogP contribution in [-0.2, 0) is 4.74 Å². The number of hydrogen-bond donors (Lipinski definition) is 1. The van der Waals surface area contributed by atoms with Gasteiger partial charge in [-0.3, -0.25) is 0 Å². The van der Waals surface area contributed by atoms with Crippen molar-refractivity contribution in [3.63, 3.8) is 0 Å². The average Bonchev–Trinajstić information content (AvgIpc) is 3.21. The van der Waals surface area contributed by atoms with Crippen molar-refractivity contribution in [3.05, 3.63) is 90.4 Å². The molecule has 1 aromatic heterocycles.